The molecule has 2 amide bonds. The normalized spacial score (nSPS) is 16.5. The standard InChI is InChI=1S/C51H45BrN4O2/c1-31(2)32-17-22-41(23-18-32)55-48(53-45-12-7-6-11-43(45)49(55)57)37-16-14-33-13-15-34(27-38(33)28-37)35-19-26-44-46(30-35)54-47(36-9-8-10-40(52)29-36)56(50(44)58)42-24-20-39(21-25-42)51(3,4)5/h6-31,47-48,53-54H,1-5H3. The number of carbonyl (C=O) groups excluding carboxylic acids is 2. The number of carbonyl (C=O) groups is 2. The molecule has 0 aliphatic carbocycles. The van der Waals surface area contributed by atoms with E-state index in [-0.39, 0.29) is 17.2 Å². The summed E-state index contributed by atoms with van der Waals surface area (Å²) in [5.74, 6) is 0.292. The fourth-order valence-electron chi connectivity index (χ4n) is 8.17. The molecule has 2 atom stereocenters. The van der Waals surface area contributed by atoms with Crippen molar-refractivity contribution < 1.29 is 9.59 Å². The van der Waals surface area contributed by atoms with Crippen molar-refractivity contribution in [2.75, 3.05) is 20.4 Å². The number of hydrogen-bond acceptors (Lipinski definition) is 4. The third-order valence-electron chi connectivity index (χ3n) is 11.5. The molecule has 9 rings (SSSR count). The quantitative estimate of drug-likeness (QED) is 0.175. The Morgan fingerprint density at radius 3 is 1.81 bits per heavy atom. The number of nitrogens with one attached hydrogen (secondary N) is 2. The lowest BCUT2D eigenvalue weighted by Crippen LogP contribution is -2.43. The molecule has 0 aromatic heterocycles. The van der Waals surface area contributed by atoms with Gasteiger partial charge in [-0.1, -0.05) is 129 Å². The van der Waals surface area contributed by atoms with Gasteiger partial charge in [-0.15, -0.1) is 0 Å². The molecule has 0 saturated heterocycles. The molecule has 7 heteroatoms. The summed E-state index contributed by atoms with van der Waals surface area (Å²) in [7, 11) is 0. The van der Waals surface area contributed by atoms with Gasteiger partial charge >= 0.3 is 0 Å². The number of fused-ring (bicyclic) bond motifs is 3. The number of rotatable bonds is 6. The van der Waals surface area contributed by atoms with Crippen LogP contribution in [0.1, 0.15) is 95.8 Å². The lowest BCUT2D eigenvalue weighted by Gasteiger charge is -2.38. The van der Waals surface area contributed by atoms with Gasteiger partial charge in [-0.2, -0.15) is 0 Å². The van der Waals surface area contributed by atoms with E-state index < -0.39 is 12.3 Å². The van der Waals surface area contributed by atoms with Gasteiger partial charge in [0.25, 0.3) is 11.8 Å². The number of benzene rings is 7. The van der Waals surface area contributed by atoms with E-state index in [1.807, 2.05) is 82.6 Å². The SMILES string of the molecule is CC(C)c1ccc(N2C(=O)c3ccccc3NC2c2ccc3ccc(-c4ccc5c(c4)NC(c4cccc(Br)c4)N(c4ccc(C(C)(C)C)cc4)C5=O)cc3c2)cc1. The van der Waals surface area contributed by atoms with Crippen LogP contribution in [0.2, 0.25) is 0 Å². The van der Waals surface area contributed by atoms with Crippen molar-refractivity contribution >= 4 is 61.3 Å². The molecule has 6 nitrogen and oxygen atoms in total. The first-order valence-electron chi connectivity index (χ1n) is 19.9. The molecule has 7 aromatic rings. The Kier molecular flexibility index (Phi) is 9.44. The van der Waals surface area contributed by atoms with E-state index in [9.17, 15) is 9.59 Å². The minimum Gasteiger partial charge on any atom is -0.360 e. The first-order valence-corrected chi connectivity index (χ1v) is 20.7. The molecule has 2 heterocycles. The highest BCUT2D eigenvalue weighted by molar-refractivity contribution is 9.10. The zero-order chi connectivity index (χ0) is 40.3. The van der Waals surface area contributed by atoms with E-state index in [2.05, 4.69) is 140 Å². The van der Waals surface area contributed by atoms with E-state index in [1.54, 1.807) is 0 Å². The monoisotopic (exact) mass is 824 g/mol. The topological polar surface area (TPSA) is 64.7 Å². The van der Waals surface area contributed by atoms with Gasteiger partial charge in [-0.25, -0.2) is 0 Å². The fraction of sp³-hybridized carbons (Fsp3) is 0.176. The summed E-state index contributed by atoms with van der Waals surface area (Å²) in [5, 5.41) is 9.57. The predicted molar refractivity (Wildman–Crippen MR) is 242 cm³/mol. The van der Waals surface area contributed by atoms with Crippen molar-refractivity contribution in [3.63, 3.8) is 0 Å². The molecule has 2 N–H and O–H groups in total. The Bertz CT molecular complexity index is 2720. The summed E-state index contributed by atoms with van der Waals surface area (Å²) >= 11 is 3.65. The van der Waals surface area contributed by atoms with E-state index in [4.69, 9.17) is 0 Å². The van der Waals surface area contributed by atoms with Crippen molar-refractivity contribution in [1.29, 1.82) is 0 Å². The van der Waals surface area contributed by atoms with Crippen molar-refractivity contribution in [1.82, 2.24) is 0 Å². The van der Waals surface area contributed by atoms with E-state index in [0.29, 0.717) is 17.0 Å². The molecule has 0 fully saturated rings. The zero-order valence-electron chi connectivity index (χ0n) is 33.3. The maximum Gasteiger partial charge on any atom is 0.262 e. The van der Waals surface area contributed by atoms with Crippen LogP contribution in [0.25, 0.3) is 21.9 Å². The molecular formula is C51H45BrN4O2. The van der Waals surface area contributed by atoms with Crippen LogP contribution in [0.4, 0.5) is 22.7 Å². The second-order valence-electron chi connectivity index (χ2n) is 16.7. The van der Waals surface area contributed by atoms with Gasteiger partial charge in [-0.05, 0) is 128 Å². The summed E-state index contributed by atoms with van der Waals surface area (Å²) in [6.45, 7) is 10.9. The van der Waals surface area contributed by atoms with Crippen LogP contribution in [0.3, 0.4) is 0 Å². The van der Waals surface area contributed by atoms with Gasteiger partial charge in [0, 0.05) is 27.2 Å². The minimum absolute atomic E-state index is 0.00181. The summed E-state index contributed by atoms with van der Waals surface area (Å²) in [5.41, 5.74) is 11.0. The molecule has 58 heavy (non-hydrogen) atoms. The molecule has 0 saturated carbocycles. The van der Waals surface area contributed by atoms with Crippen molar-refractivity contribution in [3.05, 3.63) is 190 Å². The summed E-state index contributed by atoms with van der Waals surface area (Å²) < 4.78 is 0.946. The fourth-order valence-corrected chi connectivity index (χ4v) is 8.59. The lowest BCUT2D eigenvalue weighted by atomic mass is 9.87. The smallest absolute Gasteiger partial charge is 0.262 e. The van der Waals surface area contributed by atoms with E-state index >= 15 is 0 Å². The van der Waals surface area contributed by atoms with Gasteiger partial charge < -0.3 is 10.6 Å². The van der Waals surface area contributed by atoms with Gasteiger partial charge in [0.05, 0.1) is 11.1 Å². The Hall–Kier alpha value is -6.18. The number of halogens is 1. The van der Waals surface area contributed by atoms with E-state index in [0.717, 1.165) is 60.2 Å². The van der Waals surface area contributed by atoms with Crippen molar-refractivity contribution in [2.45, 2.75) is 58.3 Å². The highest BCUT2D eigenvalue weighted by atomic mass is 79.9. The van der Waals surface area contributed by atoms with Gasteiger partial charge in [0.1, 0.15) is 12.3 Å². The van der Waals surface area contributed by atoms with Crippen LogP contribution in [0, 0.1) is 0 Å². The number of amides is 2. The average molecular weight is 826 g/mol. The Morgan fingerprint density at radius 2 is 1.14 bits per heavy atom. The molecule has 2 unspecified atom stereocenters. The molecule has 7 aromatic carbocycles. The van der Waals surface area contributed by atoms with Gasteiger partial charge in [0.2, 0.25) is 0 Å². The number of hydrogen-bond donors (Lipinski definition) is 2. The maximum absolute atomic E-state index is 14.5. The van der Waals surface area contributed by atoms with E-state index in [1.165, 1.54) is 11.1 Å². The van der Waals surface area contributed by atoms with Crippen LogP contribution >= 0.6 is 15.9 Å². The summed E-state index contributed by atoms with van der Waals surface area (Å²) in [4.78, 5) is 32.4. The molecular weight excluding hydrogens is 780 g/mol. The first kappa shape index (κ1) is 37.4. The Morgan fingerprint density at radius 1 is 0.552 bits per heavy atom. The molecule has 0 radical (unpaired) electrons. The minimum atomic E-state index is -0.423. The third-order valence-corrected chi connectivity index (χ3v) is 12.0. The second-order valence-corrected chi connectivity index (χ2v) is 17.6. The van der Waals surface area contributed by atoms with Gasteiger partial charge in [-0.3, -0.25) is 19.4 Å². The molecule has 2 aliphatic heterocycles. The van der Waals surface area contributed by atoms with Crippen LogP contribution in [-0.2, 0) is 5.41 Å². The van der Waals surface area contributed by atoms with Crippen LogP contribution < -0.4 is 20.4 Å². The highest BCUT2D eigenvalue weighted by Crippen LogP contribution is 2.42. The Labute approximate surface area is 348 Å². The Balaban J connectivity index is 1.08. The number of anilines is 4. The zero-order valence-corrected chi connectivity index (χ0v) is 34.8. The number of para-hydroxylation sites is 1. The molecule has 288 valence electrons. The molecule has 0 bridgehead atoms. The molecule has 0 spiro atoms. The third kappa shape index (κ3) is 6.83. The maximum atomic E-state index is 14.5. The average Bonchev–Trinajstić information content (AvgIpc) is 3.23. The highest BCUT2D eigenvalue weighted by Gasteiger charge is 2.36. The largest absolute Gasteiger partial charge is 0.360 e. The summed E-state index contributed by atoms with van der Waals surface area (Å²) in [6, 6.07) is 51.4. The first-order chi connectivity index (χ1) is 27.9. The second kappa shape index (κ2) is 14.6. The predicted octanol–water partition coefficient (Wildman–Crippen LogP) is 13.2. The van der Waals surface area contributed by atoms with Gasteiger partial charge in [0.15, 0.2) is 0 Å². The van der Waals surface area contributed by atoms with Crippen molar-refractivity contribution in [2.24, 2.45) is 0 Å². The van der Waals surface area contributed by atoms with Crippen molar-refractivity contribution in [3.8, 4) is 11.1 Å². The molecule has 2 aliphatic rings. The lowest BCUT2D eigenvalue weighted by molar-refractivity contribution is 0.0967. The van der Waals surface area contributed by atoms with Crippen LogP contribution in [0.15, 0.2) is 156 Å². The number of nitrogens with zero attached hydrogens (tertiary/aromatic N) is 2. The summed E-state index contributed by atoms with van der Waals surface area (Å²) in [6.07, 6.45) is -0.838. The van der Waals surface area contributed by atoms with Crippen LogP contribution in [0.5, 0.6) is 0 Å². The van der Waals surface area contributed by atoms with Crippen LogP contribution in [-0.4, -0.2) is 11.8 Å².